The van der Waals surface area contributed by atoms with Crippen molar-refractivity contribution in [3.63, 3.8) is 0 Å². The van der Waals surface area contributed by atoms with E-state index in [1.54, 1.807) is 0 Å². The molecule has 3 heterocycles. The average Bonchev–Trinajstić information content (AvgIpc) is 3.28. The molecule has 1 N–H and O–H groups in total. The van der Waals surface area contributed by atoms with E-state index in [2.05, 4.69) is 23.2 Å². The van der Waals surface area contributed by atoms with E-state index in [4.69, 9.17) is 10.1 Å². The Morgan fingerprint density at radius 3 is 2.72 bits per heavy atom. The largest absolute Gasteiger partial charge is 0.353 e. The second kappa shape index (κ2) is 8.62. The first-order valence-corrected chi connectivity index (χ1v) is 11.6. The summed E-state index contributed by atoms with van der Waals surface area (Å²) in [5, 5.41) is 7.97. The summed E-state index contributed by atoms with van der Waals surface area (Å²) in [6.45, 7) is 6.86. The van der Waals surface area contributed by atoms with Crippen LogP contribution in [0.4, 0.5) is 4.39 Å². The van der Waals surface area contributed by atoms with E-state index in [-0.39, 0.29) is 11.7 Å². The molecule has 0 radical (unpaired) electrons. The molecule has 1 amide bonds. The molecule has 1 unspecified atom stereocenters. The van der Waals surface area contributed by atoms with Crippen LogP contribution >= 0.6 is 0 Å². The molecule has 3 aromatic rings. The van der Waals surface area contributed by atoms with Crippen LogP contribution in [0.1, 0.15) is 59.8 Å². The topological polar surface area (TPSA) is 62.5 Å². The number of hydrogen-bond acceptors (Lipinski definition) is 4. The molecule has 1 saturated heterocycles. The molecule has 1 aromatic carbocycles. The van der Waals surface area contributed by atoms with Crippen molar-refractivity contribution in [2.45, 2.75) is 64.5 Å². The fourth-order valence-electron chi connectivity index (χ4n) is 4.74. The number of aromatic nitrogens is 3. The highest BCUT2D eigenvalue weighted by Gasteiger charge is 2.27. The van der Waals surface area contributed by atoms with E-state index < -0.39 is 0 Å². The third kappa shape index (κ3) is 4.53. The standard InChI is InChI=1S/C25H30FN5O/c1-16-22(9-10-25(32)28-21-7-8-21)17(2)31-24(27-16)13-23(29-31)19-11-12-30(15-19)14-18-3-5-20(26)6-4-18/h3-6,13,19,21H,7-12,14-15H2,1-2H3,(H,28,32). The predicted octanol–water partition coefficient (Wildman–Crippen LogP) is 3.69. The van der Waals surface area contributed by atoms with Crippen LogP contribution in [0.5, 0.6) is 0 Å². The molecule has 2 aromatic heterocycles. The number of amides is 1. The average molecular weight is 436 g/mol. The van der Waals surface area contributed by atoms with Crippen LogP contribution in [0.2, 0.25) is 0 Å². The molecule has 32 heavy (non-hydrogen) atoms. The fourth-order valence-corrected chi connectivity index (χ4v) is 4.74. The highest BCUT2D eigenvalue weighted by Crippen LogP contribution is 2.29. The summed E-state index contributed by atoms with van der Waals surface area (Å²) in [6.07, 6.45) is 4.44. The number of hydrogen-bond donors (Lipinski definition) is 1. The van der Waals surface area contributed by atoms with Gasteiger partial charge in [-0.15, -0.1) is 0 Å². The number of likely N-dealkylation sites (tertiary alicyclic amines) is 1. The maximum Gasteiger partial charge on any atom is 0.220 e. The molecule has 0 spiro atoms. The normalized spacial score (nSPS) is 19.0. The van der Waals surface area contributed by atoms with Gasteiger partial charge in [-0.2, -0.15) is 5.10 Å². The Morgan fingerprint density at radius 1 is 1.19 bits per heavy atom. The van der Waals surface area contributed by atoms with E-state index in [0.717, 1.165) is 72.8 Å². The quantitative estimate of drug-likeness (QED) is 0.615. The van der Waals surface area contributed by atoms with Gasteiger partial charge in [0.2, 0.25) is 5.91 Å². The van der Waals surface area contributed by atoms with Gasteiger partial charge >= 0.3 is 0 Å². The maximum atomic E-state index is 13.2. The van der Waals surface area contributed by atoms with Crippen molar-refractivity contribution in [2.75, 3.05) is 13.1 Å². The number of halogens is 1. The second-order valence-electron chi connectivity index (χ2n) is 9.29. The Kier molecular flexibility index (Phi) is 5.67. The van der Waals surface area contributed by atoms with Crippen molar-refractivity contribution in [3.05, 3.63) is 64.4 Å². The van der Waals surface area contributed by atoms with Crippen LogP contribution < -0.4 is 5.32 Å². The molecule has 7 heteroatoms. The Bertz CT molecular complexity index is 1140. The lowest BCUT2D eigenvalue weighted by atomic mass is 10.1. The highest BCUT2D eigenvalue weighted by molar-refractivity contribution is 5.76. The molecule has 6 nitrogen and oxygen atoms in total. The summed E-state index contributed by atoms with van der Waals surface area (Å²) < 4.78 is 15.1. The van der Waals surface area contributed by atoms with Gasteiger partial charge in [0.05, 0.1) is 5.69 Å². The number of benzene rings is 1. The monoisotopic (exact) mass is 435 g/mol. The Hall–Kier alpha value is -2.80. The summed E-state index contributed by atoms with van der Waals surface area (Å²) in [6, 6.07) is 9.26. The first-order valence-electron chi connectivity index (χ1n) is 11.6. The minimum absolute atomic E-state index is 0.125. The fraction of sp³-hybridized carbons (Fsp3) is 0.480. The van der Waals surface area contributed by atoms with Crippen LogP contribution in [-0.2, 0) is 17.8 Å². The van der Waals surface area contributed by atoms with Crippen LogP contribution in [0.15, 0.2) is 30.3 Å². The Morgan fingerprint density at radius 2 is 1.97 bits per heavy atom. The van der Waals surface area contributed by atoms with Gasteiger partial charge < -0.3 is 5.32 Å². The molecule has 1 atom stereocenters. The maximum absolute atomic E-state index is 13.2. The van der Waals surface area contributed by atoms with Crippen LogP contribution in [0, 0.1) is 19.7 Å². The molecular weight excluding hydrogens is 405 g/mol. The van der Waals surface area contributed by atoms with Gasteiger partial charge in [-0.25, -0.2) is 13.9 Å². The third-order valence-electron chi connectivity index (χ3n) is 6.74. The van der Waals surface area contributed by atoms with E-state index in [9.17, 15) is 9.18 Å². The van der Waals surface area contributed by atoms with Gasteiger partial charge in [0.1, 0.15) is 5.82 Å². The zero-order valence-electron chi connectivity index (χ0n) is 18.8. The summed E-state index contributed by atoms with van der Waals surface area (Å²) in [5.41, 5.74) is 6.24. The molecule has 2 fully saturated rings. The van der Waals surface area contributed by atoms with Gasteiger partial charge in [0, 0.05) is 48.9 Å². The number of nitrogens with zero attached hydrogens (tertiary/aromatic N) is 4. The predicted molar refractivity (Wildman–Crippen MR) is 121 cm³/mol. The zero-order valence-corrected chi connectivity index (χ0v) is 18.8. The number of aryl methyl sites for hydroxylation is 2. The first kappa shape index (κ1) is 21.1. The van der Waals surface area contributed by atoms with E-state index in [0.29, 0.717) is 24.8 Å². The lowest BCUT2D eigenvalue weighted by Crippen LogP contribution is -2.25. The molecule has 1 saturated carbocycles. The SMILES string of the molecule is Cc1nc2cc(C3CCN(Cc4ccc(F)cc4)C3)nn2c(C)c1CCC(=O)NC1CC1. The van der Waals surface area contributed by atoms with Crippen molar-refractivity contribution in [1.82, 2.24) is 24.8 Å². The highest BCUT2D eigenvalue weighted by atomic mass is 19.1. The van der Waals surface area contributed by atoms with Crippen molar-refractivity contribution in [2.24, 2.45) is 0 Å². The minimum atomic E-state index is -0.196. The molecular formula is C25H30FN5O. The molecule has 0 bridgehead atoms. The number of carbonyl (C=O) groups excluding carboxylic acids is 1. The number of carbonyl (C=O) groups is 1. The zero-order chi connectivity index (χ0) is 22.2. The molecule has 2 aliphatic rings. The van der Waals surface area contributed by atoms with Gasteiger partial charge in [0.25, 0.3) is 0 Å². The summed E-state index contributed by atoms with van der Waals surface area (Å²) in [4.78, 5) is 19.3. The van der Waals surface area contributed by atoms with E-state index in [1.807, 2.05) is 23.6 Å². The first-order chi connectivity index (χ1) is 15.5. The summed E-state index contributed by atoms with van der Waals surface area (Å²) in [7, 11) is 0. The van der Waals surface area contributed by atoms with Crippen LogP contribution in [0.25, 0.3) is 5.65 Å². The lowest BCUT2D eigenvalue weighted by molar-refractivity contribution is -0.121. The summed E-state index contributed by atoms with van der Waals surface area (Å²) >= 11 is 0. The van der Waals surface area contributed by atoms with Crippen molar-refractivity contribution in [3.8, 4) is 0 Å². The van der Waals surface area contributed by atoms with Gasteiger partial charge in [-0.3, -0.25) is 9.69 Å². The van der Waals surface area contributed by atoms with E-state index >= 15 is 0 Å². The summed E-state index contributed by atoms with van der Waals surface area (Å²) in [5.74, 6) is 0.295. The van der Waals surface area contributed by atoms with Gasteiger partial charge in [-0.1, -0.05) is 12.1 Å². The van der Waals surface area contributed by atoms with Crippen molar-refractivity contribution in [1.29, 1.82) is 0 Å². The number of fused-ring (bicyclic) bond motifs is 1. The second-order valence-corrected chi connectivity index (χ2v) is 9.29. The van der Waals surface area contributed by atoms with E-state index in [1.165, 1.54) is 12.1 Å². The third-order valence-corrected chi connectivity index (χ3v) is 6.74. The van der Waals surface area contributed by atoms with Crippen molar-refractivity contribution >= 4 is 11.6 Å². The molecule has 1 aliphatic carbocycles. The van der Waals surface area contributed by atoms with Crippen LogP contribution in [0.3, 0.4) is 0 Å². The van der Waals surface area contributed by atoms with Gasteiger partial charge in [0.15, 0.2) is 5.65 Å². The number of rotatable bonds is 7. The Balaban J connectivity index is 1.28. The molecule has 168 valence electrons. The lowest BCUT2D eigenvalue weighted by Gasteiger charge is -2.15. The van der Waals surface area contributed by atoms with Crippen LogP contribution in [-0.4, -0.2) is 44.5 Å². The number of nitrogens with one attached hydrogen (secondary N) is 1. The molecule has 1 aliphatic heterocycles. The molecule has 5 rings (SSSR count). The van der Waals surface area contributed by atoms with Gasteiger partial charge in [-0.05, 0) is 69.3 Å². The minimum Gasteiger partial charge on any atom is -0.353 e. The Labute approximate surface area is 187 Å². The van der Waals surface area contributed by atoms with Crippen molar-refractivity contribution < 1.29 is 9.18 Å². The smallest absolute Gasteiger partial charge is 0.220 e.